The number of anilines is 1. The van der Waals surface area contributed by atoms with Crippen molar-refractivity contribution in [3.8, 4) is 0 Å². The lowest BCUT2D eigenvalue weighted by molar-refractivity contribution is 0.0967. The Morgan fingerprint density at radius 3 is 2.40 bits per heavy atom. The van der Waals surface area contributed by atoms with Gasteiger partial charge in [0, 0.05) is 35.8 Å². The number of carbonyl (C=O) groups excluding carboxylic acids is 1. The lowest BCUT2D eigenvalue weighted by atomic mass is 9.98. The minimum atomic E-state index is 0.270. The van der Waals surface area contributed by atoms with Crippen molar-refractivity contribution in [2.75, 3.05) is 4.90 Å². The zero-order valence-electron chi connectivity index (χ0n) is 11.7. The van der Waals surface area contributed by atoms with Crippen LogP contribution >= 0.6 is 0 Å². The Labute approximate surface area is 119 Å². The molecule has 0 amide bonds. The topological polar surface area (TPSA) is 59.2 Å². The summed E-state index contributed by atoms with van der Waals surface area (Å²) in [7, 11) is 0. The number of nitrogens with zero attached hydrogens (tertiary/aromatic N) is 2. The molecule has 3 heterocycles. The molecule has 0 spiro atoms. The van der Waals surface area contributed by atoms with E-state index in [1.165, 1.54) is 12.8 Å². The summed E-state index contributed by atoms with van der Waals surface area (Å²) >= 11 is 0. The Bertz CT molecular complexity index is 509. The summed E-state index contributed by atoms with van der Waals surface area (Å²) in [6.45, 7) is 0. The molecule has 3 atom stereocenters. The normalized spacial score (nSPS) is 32.5. The van der Waals surface area contributed by atoms with Crippen molar-refractivity contribution in [1.29, 1.82) is 0 Å². The number of aromatic nitrogens is 1. The third-order valence-electron chi connectivity index (χ3n) is 5.01. The van der Waals surface area contributed by atoms with E-state index in [0.717, 1.165) is 37.1 Å². The van der Waals surface area contributed by atoms with Gasteiger partial charge in [0.15, 0.2) is 5.78 Å². The first kappa shape index (κ1) is 12.3. The minimum Gasteiger partial charge on any atom is -0.351 e. The van der Waals surface area contributed by atoms with Crippen molar-refractivity contribution in [2.24, 2.45) is 11.7 Å². The Kier molecular flexibility index (Phi) is 2.81. The molecule has 3 aliphatic rings. The Hall–Kier alpha value is -1.42. The number of Topliss-reactive ketones (excluding diaryl/α,β-unsaturated/α-hetero) is 1. The molecule has 2 aliphatic heterocycles. The van der Waals surface area contributed by atoms with E-state index in [1.807, 2.05) is 12.1 Å². The van der Waals surface area contributed by atoms with Crippen LogP contribution in [0.3, 0.4) is 0 Å². The van der Waals surface area contributed by atoms with E-state index in [0.29, 0.717) is 18.1 Å². The first-order valence-corrected chi connectivity index (χ1v) is 7.76. The van der Waals surface area contributed by atoms with Gasteiger partial charge < -0.3 is 10.6 Å². The molecular formula is C16H21N3O. The van der Waals surface area contributed by atoms with Crippen molar-refractivity contribution >= 4 is 11.6 Å². The van der Waals surface area contributed by atoms with E-state index in [-0.39, 0.29) is 11.7 Å². The number of nitrogens with two attached hydrogens (primary N) is 1. The second kappa shape index (κ2) is 4.55. The fourth-order valence-corrected chi connectivity index (χ4v) is 3.86. The van der Waals surface area contributed by atoms with Crippen molar-refractivity contribution in [3.63, 3.8) is 0 Å². The summed E-state index contributed by atoms with van der Waals surface area (Å²) in [5, 5.41) is 0. The van der Waals surface area contributed by atoms with Gasteiger partial charge in [-0.15, -0.1) is 0 Å². The molecule has 1 aromatic heterocycles. The molecule has 0 unspecified atom stereocenters. The monoisotopic (exact) mass is 271 g/mol. The second-order valence-electron chi connectivity index (χ2n) is 6.57. The molecule has 106 valence electrons. The molecule has 0 radical (unpaired) electrons. The Morgan fingerprint density at radius 1 is 1.15 bits per heavy atom. The fraction of sp³-hybridized carbons (Fsp3) is 0.625. The molecule has 2 bridgehead atoms. The summed E-state index contributed by atoms with van der Waals surface area (Å²) in [5.41, 5.74) is 6.88. The molecule has 4 heteroatoms. The van der Waals surface area contributed by atoms with Gasteiger partial charge in [0.05, 0.1) is 0 Å². The van der Waals surface area contributed by atoms with E-state index in [1.54, 1.807) is 6.20 Å². The molecule has 4 nitrogen and oxygen atoms in total. The lowest BCUT2D eigenvalue weighted by Gasteiger charge is -2.38. The summed E-state index contributed by atoms with van der Waals surface area (Å²) in [4.78, 5) is 19.0. The van der Waals surface area contributed by atoms with Crippen LogP contribution in [0.15, 0.2) is 18.3 Å². The number of carbonyl (C=O) groups is 1. The first-order valence-electron chi connectivity index (χ1n) is 7.76. The van der Waals surface area contributed by atoms with Crippen LogP contribution in [0, 0.1) is 5.92 Å². The van der Waals surface area contributed by atoms with E-state index < -0.39 is 0 Å². The van der Waals surface area contributed by atoms with Crippen LogP contribution in [-0.2, 0) is 0 Å². The molecule has 2 N–H and O–H groups in total. The maximum Gasteiger partial charge on any atom is 0.167 e. The second-order valence-corrected chi connectivity index (χ2v) is 6.57. The zero-order valence-corrected chi connectivity index (χ0v) is 11.7. The van der Waals surface area contributed by atoms with E-state index in [4.69, 9.17) is 5.73 Å². The van der Waals surface area contributed by atoms with Crippen molar-refractivity contribution < 1.29 is 4.79 Å². The highest BCUT2D eigenvalue weighted by molar-refractivity contribution is 5.99. The quantitative estimate of drug-likeness (QED) is 0.856. The molecule has 1 aliphatic carbocycles. The van der Waals surface area contributed by atoms with E-state index in [9.17, 15) is 4.79 Å². The van der Waals surface area contributed by atoms with Crippen LogP contribution in [0.25, 0.3) is 0 Å². The predicted octanol–water partition coefficient (Wildman–Crippen LogP) is 2.13. The number of hydrogen-bond acceptors (Lipinski definition) is 4. The summed E-state index contributed by atoms with van der Waals surface area (Å²) < 4.78 is 0. The van der Waals surface area contributed by atoms with E-state index >= 15 is 0 Å². The molecule has 3 fully saturated rings. The van der Waals surface area contributed by atoms with Crippen LogP contribution in [0.4, 0.5) is 5.82 Å². The van der Waals surface area contributed by atoms with Crippen LogP contribution in [0.2, 0.25) is 0 Å². The smallest absolute Gasteiger partial charge is 0.167 e. The van der Waals surface area contributed by atoms with Gasteiger partial charge in [0.25, 0.3) is 0 Å². The highest BCUT2D eigenvalue weighted by Crippen LogP contribution is 2.38. The van der Waals surface area contributed by atoms with E-state index in [2.05, 4.69) is 9.88 Å². The average molecular weight is 271 g/mol. The van der Waals surface area contributed by atoms with Gasteiger partial charge in [-0.2, -0.15) is 0 Å². The maximum absolute atomic E-state index is 12.0. The van der Waals surface area contributed by atoms with Crippen LogP contribution in [0.5, 0.6) is 0 Å². The van der Waals surface area contributed by atoms with Crippen LogP contribution in [-0.4, -0.2) is 28.9 Å². The summed E-state index contributed by atoms with van der Waals surface area (Å²) in [6.07, 6.45) is 8.46. The molecule has 0 aromatic carbocycles. The molecule has 2 saturated heterocycles. The first-order chi connectivity index (χ1) is 9.72. The standard InChI is InChI=1S/C16H21N3O/c17-12-7-13-4-5-14(8-12)19(13)15-6-3-11(9-18-15)16(20)10-1-2-10/h3,6,9-10,12-14H,1-2,4-5,7-8,17H2/t12-,13+,14-. The fourth-order valence-electron chi connectivity index (χ4n) is 3.86. The van der Waals surface area contributed by atoms with Gasteiger partial charge in [-0.05, 0) is 50.7 Å². The number of ketones is 1. The number of rotatable bonds is 3. The van der Waals surface area contributed by atoms with Gasteiger partial charge in [-0.3, -0.25) is 4.79 Å². The maximum atomic E-state index is 12.0. The Morgan fingerprint density at radius 2 is 1.85 bits per heavy atom. The highest BCUT2D eigenvalue weighted by atomic mass is 16.1. The summed E-state index contributed by atoms with van der Waals surface area (Å²) in [5.74, 6) is 1.57. The number of pyridine rings is 1. The number of piperidine rings is 1. The minimum absolute atomic E-state index is 0.270. The summed E-state index contributed by atoms with van der Waals surface area (Å²) in [6, 6.07) is 5.41. The molecule has 1 aromatic rings. The van der Waals surface area contributed by atoms with Crippen LogP contribution < -0.4 is 10.6 Å². The van der Waals surface area contributed by atoms with Crippen molar-refractivity contribution in [1.82, 2.24) is 4.98 Å². The van der Waals surface area contributed by atoms with Gasteiger partial charge >= 0.3 is 0 Å². The lowest BCUT2D eigenvalue weighted by Crippen LogP contribution is -2.47. The number of fused-ring (bicyclic) bond motifs is 2. The van der Waals surface area contributed by atoms with Gasteiger partial charge in [-0.1, -0.05) is 0 Å². The molecular weight excluding hydrogens is 250 g/mol. The Balaban J connectivity index is 1.55. The molecule has 4 rings (SSSR count). The third-order valence-corrected chi connectivity index (χ3v) is 5.01. The average Bonchev–Trinajstić information content (AvgIpc) is 3.25. The molecule has 20 heavy (non-hydrogen) atoms. The number of hydrogen-bond donors (Lipinski definition) is 1. The van der Waals surface area contributed by atoms with Crippen molar-refractivity contribution in [2.45, 2.75) is 56.7 Å². The highest BCUT2D eigenvalue weighted by Gasteiger charge is 2.40. The van der Waals surface area contributed by atoms with Crippen molar-refractivity contribution in [3.05, 3.63) is 23.9 Å². The SMILES string of the molecule is N[C@H]1C[C@H]2CC[C@@H](C1)N2c1ccc(C(=O)C2CC2)cn1. The van der Waals surface area contributed by atoms with Gasteiger partial charge in [0.2, 0.25) is 0 Å². The van der Waals surface area contributed by atoms with Crippen LogP contribution in [0.1, 0.15) is 48.9 Å². The van der Waals surface area contributed by atoms with Gasteiger partial charge in [0.1, 0.15) is 5.82 Å². The largest absolute Gasteiger partial charge is 0.351 e. The predicted molar refractivity (Wildman–Crippen MR) is 77.8 cm³/mol. The van der Waals surface area contributed by atoms with Gasteiger partial charge in [-0.25, -0.2) is 4.98 Å². The molecule has 1 saturated carbocycles. The zero-order chi connectivity index (χ0) is 13.7. The third kappa shape index (κ3) is 2.03.